The third-order valence-corrected chi connectivity index (χ3v) is 9.69. The number of hydrogen-bond acceptors (Lipinski definition) is 4. The molecule has 1 aromatic carbocycles. The summed E-state index contributed by atoms with van der Waals surface area (Å²) >= 11 is 1.76. The van der Waals surface area contributed by atoms with Gasteiger partial charge in [-0.15, -0.1) is 0 Å². The van der Waals surface area contributed by atoms with E-state index in [-0.39, 0.29) is 11.9 Å². The van der Waals surface area contributed by atoms with Gasteiger partial charge in [0.15, 0.2) is 4.96 Å². The number of carbonyl (C=O) groups excluding carboxylic acids is 1. The van der Waals surface area contributed by atoms with Crippen molar-refractivity contribution in [2.24, 2.45) is 11.8 Å². The summed E-state index contributed by atoms with van der Waals surface area (Å²) in [5, 5.41) is 0. The van der Waals surface area contributed by atoms with E-state index in [9.17, 15) is 4.79 Å². The second-order valence-corrected chi connectivity index (χ2v) is 12.3. The first-order valence-electron chi connectivity index (χ1n) is 15.4. The first-order chi connectivity index (χ1) is 18.6. The number of hydrogen-bond donors (Lipinski definition) is 0. The second kappa shape index (κ2) is 14.9. The zero-order valence-electron chi connectivity index (χ0n) is 23.9. The molecule has 1 atom stereocenters. The average Bonchev–Trinajstić information content (AvgIpc) is 3.54. The first kappa shape index (κ1) is 28.9. The molecular formula is C33H48N2O2S. The highest BCUT2D eigenvalue weighted by atomic mass is 32.1. The number of thiazole rings is 1. The Bertz CT molecular complexity index is 1110. The normalized spacial score (nSPS) is 18.6. The third kappa shape index (κ3) is 7.49. The molecule has 0 amide bonds. The number of rotatable bonds is 15. The van der Waals surface area contributed by atoms with Gasteiger partial charge in [-0.3, -0.25) is 9.20 Å². The topological polar surface area (TPSA) is 43.6 Å². The van der Waals surface area contributed by atoms with Crippen LogP contribution >= 0.6 is 11.3 Å². The van der Waals surface area contributed by atoms with E-state index in [0.29, 0.717) is 11.7 Å². The maximum absolute atomic E-state index is 12.9. The van der Waals surface area contributed by atoms with Crippen LogP contribution in [-0.2, 0) is 4.79 Å². The van der Waals surface area contributed by atoms with Crippen LogP contribution in [0.25, 0.3) is 15.4 Å². The lowest BCUT2D eigenvalue weighted by molar-refractivity contribution is -0.140. The summed E-state index contributed by atoms with van der Waals surface area (Å²) in [6.45, 7) is 6.83. The Morgan fingerprint density at radius 1 is 0.974 bits per heavy atom. The van der Waals surface area contributed by atoms with Crippen molar-refractivity contribution in [2.75, 3.05) is 0 Å². The standard InChI is InChI=1S/C33H48N2O2S/c1-4-7-9-10-12-13-25-15-17-28(18-16-25)32(36)37-29-21-19-27(20-22-29)31-30(26(6-3)14-11-8-5-2)35-24-23-34-33(35)38-31/h19-26,28H,4-18H2,1-3H3/t25-,26?,28-. The van der Waals surface area contributed by atoms with Crippen molar-refractivity contribution in [3.63, 3.8) is 0 Å². The SMILES string of the molecule is CCCCCCC[C@H]1CC[C@H](C(=O)Oc2ccc(-c3sc4nccn4c3C(CC)CCCCC)cc2)CC1. The zero-order chi connectivity index (χ0) is 26.7. The van der Waals surface area contributed by atoms with E-state index in [4.69, 9.17) is 4.74 Å². The molecule has 2 heterocycles. The van der Waals surface area contributed by atoms with Gasteiger partial charge >= 0.3 is 5.97 Å². The molecule has 0 spiro atoms. The molecular weight excluding hydrogens is 488 g/mol. The maximum Gasteiger partial charge on any atom is 0.314 e. The number of esters is 1. The fourth-order valence-corrected chi connectivity index (χ4v) is 7.34. The van der Waals surface area contributed by atoms with Crippen LogP contribution in [0.5, 0.6) is 5.75 Å². The van der Waals surface area contributed by atoms with Gasteiger partial charge in [-0.1, -0.05) is 89.9 Å². The fourth-order valence-electron chi connectivity index (χ4n) is 6.16. The number of benzene rings is 1. The first-order valence-corrected chi connectivity index (χ1v) is 16.2. The largest absolute Gasteiger partial charge is 0.426 e. The second-order valence-electron chi connectivity index (χ2n) is 11.4. The van der Waals surface area contributed by atoms with Crippen molar-refractivity contribution in [1.29, 1.82) is 0 Å². The van der Waals surface area contributed by atoms with Gasteiger partial charge in [0, 0.05) is 24.0 Å². The Morgan fingerprint density at radius 2 is 1.68 bits per heavy atom. The molecule has 1 unspecified atom stereocenters. The smallest absolute Gasteiger partial charge is 0.314 e. The van der Waals surface area contributed by atoms with Crippen LogP contribution in [0.1, 0.15) is 129 Å². The molecule has 0 radical (unpaired) electrons. The van der Waals surface area contributed by atoms with Gasteiger partial charge in [-0.2, -0.15) is 0 Å². The fraction of sp³-hybridized carbons (Fsp3) is 0.636. The summed E-state index contributed by atoms with van der Waals surface area (Å²) in [5.41, 5.74) is 2.57. The summed E-state index contributed by atoms with van der Waals surface area (Å²) in [6, 6.07) is 8.18. The highest BCUT2D eigenvalue weighted by Crippen LogP contribution is 2.40. The number of ether oxygens (including phenoxy) is 1. The minimum absolute atomic E-state index is 0.0450. The molecule has 4 nitrogen and oxygen atoms in total. The highest BCUT2D eigenvalue weighted by Gasteiger charge is 2.28. The number of nitrogens with zero attached hydrogens (tertiary/aromatic N) is 2. The quantitative estimate of drug-likeness (QED) is 0.110. The van der Waals surface area contributed by atoms with Crippen molar-refractivity contribution < 1.29 is 9.53 Å². The lowest BCUT2D eigenvalue weighted by Gasteiger charge is -2.27. The van der Waals surface area contributed by atoms with Gasteiger partial charge in [0.05, 0.1) is 10.8 Å². The van der Waals surface area contributed by atoms with Crippen LogP contribution in [0.15, 0.2) is 36.7 Å². The van der Waals surface area contributed by atoms with Gasteiger partial charge in [-0.05, 0) is 74.3 Å². The Balaban J connectivity index is 1.34. The van der Waals surface area contributed by atoms with Crippen molar-refractivity contribution in [3.8, 4) is 16.2 Å². The summed E-state index contributed by atoms with van der Waals surface area (Å²) in [6.07, 6.45) is 22.5. The number of carbonyl (C=O) groups is 1. The third-order valence-electron chi connectivity index (χ3n) is 8.56. The van der Waals surface area contributed by atoms with Gasteiger partial charge in [0.1, 0.15) is 5.75 Å². The van der Waals surface area contributed by atoms with E-state index in [0.717, 1.165) is 30.1 Å². The minimum atomic E-state index is -0.0450. The lowest BCUT2D eigenvalue weighted by atomic mass is 9.80. The number of aromatic nitrogens is 2. The summed E-state index contributed by atoms with van der Waals surface area (Å²) in [4.78, 5) is 19.9. The molecule has 0 N–H and O–H groups in total. The summed E-state index contributed by atoms with van der Waals surface area (Å²) in [5.74, 6) is 1.99. The lowest BCUT2D eigenvalue weighted by Crippen LogP contribution is -2.25. The van der Waals surface area contributed by atoms with E-state index < -0.39 is 0 Å². The molecule has 2 aromatic heterocycles. The molecule has 1 saturated carbocycles. The average molecular weight is 537 g/mol. The molecule has 1 fully saturated rings. The van der Waals surface area contributed by atoms with E-state index in [1.54, 1.807) is 11.3 Å². The molecule has 0 aliphatic heterocycles. The Hall–Kier alpha value is -2.14. The summed E-state index contributed by atoms with van der Waals surface area (Å²) in [7, 11) is 0. The van der Waals surface area contributed by atoms with Crippen LogP contribution in [-0.4, -0.2) is 15.4 Å². The highest BCUT2D eigenvalue weighted by molar-refractivity contribution is 7.20. The summed E-state index contributed by atoms with van der Waals surface area (Å²) < 4.78 is 8.15. The molecule has 1 aliphatic carbocycles. The molecule has 1 aliphatic rings. The maximum atomic E-state index is 12.9. The Kier molecular flexibility index (Phi) is 11.3. The Labute approximate surface area is 234 Å². The van der Waals surface area contributed by atoms with E-state index >= 15 is 0 Å². The number of fused-ring (bicyclic) bond motifs is 1. The van der Waals surface area contributed by atoms with Gasteiger partial charge < -0.3 is 4.74 Å². The monoisotopic (exact) mass is 536 g/mol. The predicted octanol–water partition coefficient (Wildman–Crippen LogP) is 10.2. The van der Waals surface area contributed by atoms with Gasteiger partial charge in [-0.25, -0.2) is 4.98 Å². The van der Waals surface area contributed by atoms with Crippen molar-refractivity contribution in [3.05, 3.63) is 42.4 Å². The number of unbranched alkanes of at least 4 members (excludes halogenated alkanes) is 6. The van der Waals surface area contributed by atoms with Crippen LogP contribution in [0.4, 0.5) is 0 Å². The molecule has 4 rings (SSSR count). The number of imidazole rings is 1. The van der Waals surface area contributed by atoms with Crippen molar-refractivity contribution in [2.45, 2.75) is 123 Å². The van der Waals surface area contributed by atoms with Crippen LogP contribution < -0.4 is 4.74 Å². The molecule has 5 heteroatoms. The minimum Gasteiger partial charge on any atom is -0.426 e. The van der Waals surface area contributed by atoms with E-state index in [1.807, 2.05) is 18.3 Å². The molecule has 208 valence electrons. The molecule has 0 bridgehead atoms. The van der Waals surface area contributed by atoms with Crippen LogP contribution in [0.3, 0.4) is 0 Å². The zero-order valence-corrected chi connectivity index (χ0v) is 24.7. The molecule has 3 aromatic rings. The Morgan fingerprint density at radius 3 is 2.39 bits per heavy atom. The van der Waals surface area contributed by atoms with Crippen LogP contribution in [0, 0.1) is 11.8 Å². The van der Waals surface area contributed by atoms with E-state index in [1.165, 1.54) is 93.2 Å². The van der Waals surface area contributed by atoms with Crippen molar-refractivity contribution in [1.82, 2.24) is 9.38 Å². The molecule has 38 heavy (non-hydrogen) atoms. The van der Waals surface area contributed by atoms with Gasteiger partial charge in [0.25, 0.3) is 0 Å². The van der Waals surface area contributed by atoms with Crippen LogP contribution in [0.2, 0.25) is 0 Å². The van der Waals surface area contributed by atoms with Gasteiger partial charge in [0.2, 0.25) is 0 Å². The van der Waals surface area contributed by atoms with Crippen molar-refractivity contribution >= 4 is 22.3 Å². The predicted molar refractivity (Wildman–Crippen MR) is 160 cm³/mol. The van der Waals surface area contributed by atoms with E-state index in [2.05, 4.69) is 48.5 Å². The molecule has 0 saturated heterocycles.